The van der Waals surface area contributed by atoms with Crippen LogP contribution in [0.2, 0.25) is 0 Å². The highest BCUT2D eigenvalue weighted by Gasteiger charge is 2.43. The van der Waals surface area contributed by atoms with E-state index >= 15 is 0 Å². The molecule has 0 unspecified atom stereocenters. The number of amides is 1. The lowest BCUT2D eigenvalue weighted by Crippen LogP contribution is -2.42. The predicted molar refractivity (Wildman–Crippen MR) is 83.7 cm³/mol. The van der Waals surface area contributed by atoms with Crippen LogP contribution in [0, 0.1) is 18.8 Å². The van der Waals surface area contributed by atoms with Crippen molar-refractivity contribution < 1.29 is 14.1 Å². The van der Waals surface area contributed by atoms with E-state index in [1.165, 1.54) is 0 Å². The van der Waals surface area contributed by atoms with Crippen LogP contribution in [0.25, 0.3) is 0 Å². The van der Waals surface area contributed by atoms with Crippen molar-refractivity contribution in [2.24, 2.45) is 11.8 Å². The van der Waals surface area contributed by atoms with Gasteiger partial charge in [-0.25, -0.2) is 4.79 Å². The van der Waals surface area contributed by atoms with Crippen LogP contribution >= 0.6 is 0 Å². The molecule has 2 heterocycles. The quantitative estimate of drug-likeness (QED) is 0.918. The first-order chi connectivity index (χ1) is 10.8. The molecule has 0 spiro atoms. The average Bonchev–Trinajstić information content (AvgIpc) is 3.06. The lowest BCUT2D eigenvalue weighted by molar-refractivity contribution is 0.0491. The molecule has 3 atom stereocenters. The Morgan fingerprint density at radius 1 is 1.39 bits per heavy atom. The molecule has 1 aromatic rings. The summed E-state index contributed by atoms with van der Waals surface area (Å²) < 4.78 is 10.4. The summed E-state index contributed by atoms with van der Waals surface area (Å²) in [4.78, 5) is 18.6. The SMILES string of the molecule is Cc1nc(CN2C[C@@H]3CC[C@H](NC(=O)OC(C)(C)C)[C@H]3C2)no1. The van der Waals surface area contributed by atoms with Gasteiger partial charge in [0.15, 0.2) is 5.82 Å². The maximum absolute atomic E-state index is 12.0. The number of fused-ring (bicyclic) bond motifs is 1. The second-order valence-electron chi connectivity index (χ2n) is 7.68. The molecule has 1 aliphatic carbocycles. The molecule has 1 aliphatic heterocycles. The molecule has 1 saturated carbocycles. The summed E-state index contributed by atoms with van der Waals surface area (Å²) in [6, 6.07) is 0.201. The van der Waals surface area contributed by atoms with Gasteiger partial charge in [0.2, 0.25) is 5.89 Å². The monoisotopic (exact) mass is 322 g/mol. The van der Waals surface area contributed by atoms with E-state index in [1.54, 1.807) is 6.92 Å². The normalized spacial score (nSPS) is 27.9. The predicted octanol–water partition coefficient (Wildman–Crippen LogP) is 2.11. The number of carbonyl (C=O) groups excluding carboxylic acids is 1. The molecular formula is C16H26N4O3. The molecule has 2 fully saturated rings. The Labute approximate surface area is 136 Å². The second kappa shape index (κ2) is 6.11. The number of nitrogens with zero attached hydrogens (tertiary/aromatic N) is 3. The number of nitrogens with one attached hydrogen (secondary N) is 1. The molecular weight excluding hydrogens is 296 g/mol. The summed E-state index contributed by atoms with van der Waals surface area (Å²) >= 11 is 0. The standard InChI is InChI=1S/C16H26N4O3/c1-10-17-14(19-23-10)9-20-7-11-5-6-13(12(11)8-20)18-15(21)22-16(2,3)4/h11-13H,5-9H2,1-4H3,(H,18,21)/t11-,12-,13-/m0/s1. The van der Waals surface area contributed by atoms with E-state index in [4.69, 9.17) is 9.26 Å². The molecule has 0 aromatic carbocycles. The third kappa shape index (κ3) is 4.02. The third-order valence-corrected chi connectivity index (χ3v) is 4.57. The molecule has 1 N–H and O–H groups in total. The van der Waals surface area contributed by atoms with E-state index in [9.17, 15) is 4.79 Å². The fraction of sp³-hybridized carbons (Fsp3) is 0.812. The first-order valence-electron chi connectivity index (χ1n) is 8.31. The molecule has 23 heavy (non-hydrogen) atoms. The van der Waals surface area contributed by atoms with Crippen molar-refractivity contribution in [2.75, 3.05) is 13.1 Å². The minimum absolute atomic E-state index is 0.201. The van der Waals surface area contributed by atoms with E-state index in [-0.39, 0.29) is 12.1 Å². The molecule has 0 radical (unpaired) electrons. The molecule has 0 bridgehead atoms. The number of hydrogen-bond donors (Lipinski definition) is 1. The first-order valence-corrected chi connectivity index (χ1v) is 8.31. The van der Waals surface area contributed by atoms with E-state index in [2.05, 4.69) is 20.4 Å². The minimum Gasteiger partial charge on any atom is -0.444 e. The zero-order chi connectivity index (χ0) is 16.6. The minimum atomic E-state index is -0.458. The van der Waals surface area contributed by atoms with Gasteiger partial charge in [0.25, 0.3) is 0 Å². The zero-order valence-electron chi connectivity index (χ0n) is 14.3. The summed E-state index contributed by atoms with van der Waals surface area (Å²) in [5.74, 6) is 2.45. The highest BCUT2D eigenvalue weighted by molar-refractivity contribution is 5.68. The van der Waals surface area contributed by atoms with Crippen molar-refractivity contribution in [3.8, 4) is 0 Å². The van der Waals surface area contributed by atoms with Crippen molar-refractivity contribution in [1.82, 2.24) is 20.4 Å². The Kier molecular flexibility index (Phi) is 4.31. The number of hydrogen-bond acceptors (Lipinski definition) is 6. The summed E-state index contributed by atoms with van der Waals surface area (Å²) in [7, 11) is 0. The van der Waals surface area contributed by atoms with Gasteiger partial charge < -0.3 is 14.6 Å². The summed E-state index contributed by atoms with van der Waals surface area (Å²) in [6.45, 7) is 10.2. The summed E-state index contributed by atoms with van der Waals surface area (Å²) in [5, 5.41) is 7.02. The van der Waals surface area contributed by atoms with Crippen LogP contribution < -0.4 is 5.32 Å². The van der Waals surface area contributed by atoms with E-state index in [0.717, 1.165) is 31.8 Å². The third-order valence-electron chi connectivity index (χ3n) is 4.57. The maximum Gasteiger partial charge on any atom is 0.407 e. The Bertz CT molecular complexity index is 566. The van der Waals surface area contributed by atoms with Crippen LogP contribution in [-0.4, -0.2) is 45.9 Å². The Balaban J connectivity index is 1.53. The largest absolute Gasteiger partial charge is 0.444 e. The highest BCUT2D eigenvalue weighted by Crippen LogP contribution is 2.38. The molecule has 7 heteroatoms. The van der Waals surface area contributed by atoms with E-state index in [1.807, 2.05) is 20.8 Å². The topological polar surface area (TPSA) is 80.5 Å². The van der Waals surface area contributed by atoms with Crippen LogP contribution in [-0.2, 0) is 11.3 Å². The van der Waals surface area contributed by atoms with Gasteiger partial charge >= 0.3 is 6.09 Å². The number of carbonyl (C=O) groups is 1. The smallest absolute Gasteiger partial charge is 0.407 e. The fourth-order valence-electron chi connectivity index (χ4n) is 3.73. The van der Waals surface area contributed by atoms with Gasteiger partial charge in [-0.1, -0.05) is 5.16 Å². The Morgan fingerprint density at radius 2 is 2.17 bits per heavy atom. The van der Waals surface area contributed by atoms with Crippen LogP contribution in [0.5, 0.6) is 0 Å². The van der Waals surface area contributed by atoms with Gasteiger partial charge in [-0.15, -0.1) is 0 Å². The van der Waals surface area contributed by atoms with Crippen LogP contribution in [0.15, 0.2) is 4.52 Å². The lowest BCUT2D eigenvalue weighted by atomic mass is 9.98. The number of alkyl carbamates (subject to hydrolysis) is 1. The average molecular weight is 322 g/mol. The molecule has 3 rings (SSSR count). The zero-order valence-corrected chi connectivity index (χ0v) is 14.3. The van der Waals surface area contributed by atoms with Crippen molar-refractivity contribution >= 4 is 6.09 Å². The number of aromatic nitrogens is 2. The number of likely N-dealkylation sites (tertiary alicyclic amines) is 1. The highest BCUT2D eigenvalue weighted by atomic mass is 16.6. The van der Waals surface area contributed by atoms with Crippen molar-refractivity contribution in [3.05, 3.63) is 11.7 Å². The van der Waals surface area contributed by atoms with Crippen LogP contribution in [0.3, 0.4) is 0 Å². The van der Waals surface area contributed by atoms with Gasteiger partial charge in [0.05, 0.1) is 6.54 Å². The number of rotatable bonds is 3. The summed E-state index contributed by atoms with van der Waals surface area (Å²) in [6.07, 6.45) is 1.87. The van der Waals surface area contributed by atoms with Crippen molar-refractivity contribution in [1.29, 1.82) is 0 Å². The van der Waals surface area contributed by atoms with Crippen molar-refractivity contribution in [2.45, 2.75) is 58.7 Å². The molecule has 1 saturated heterocycles. The first kappa shape index (κ1) is 16.2. The molecule has 7 nitrogen and oxygen atoms in total. The molecule has 128 valence electrons. The van der Waals surface area contributed by atoms with Crippen LogP contribution in [0.1, 0.15) is 45.3 Å². The molecule has 1 amide bonds. The maximum atomic E-state index is 12.0. The number of aryl methyl sites for hydroxylation is 1. The summed E-state index contributed by atoms with van der Waals surface area (Å²) in [5.41, 5.74) is -0.458. The fourth-order valence-corrected chi connectivity index (χ4v) is 3.73. The molecule has 1 aromatic heterocycles. The van der Waals surface area contributed by atoms with Crippen LogP contribution in [0.4, 0.5) is 4.79 Å². The van der Waals surface area contributed by atoms with Crippen molar-refractivity contribution in [3.63, 3.8) is 0 Å². The van der Waals surface area contributed by atoms with E-state index < -0.39 is 5.60 Å². The van der Waals surface area contributed by atoms with Gasteiger partial charge in [-0.3, -0.25) is 4.90 Å². The van der Waals surface area contributed by atoms with Gasteiger partial charge in [0.1, 0.15) is 5.60 Å². The van der Waals surface area contributed by atoms with Gasteiger partial charge in [0, 0.05) is 26.1 Å². The van der Waals surface area contributed by atoms with Gasteiger partial charge in [-0.2, -0.15) is 4.98 Å². The Morgan fingerprint density at radius 3 is 2.83 bits per heavy atom. The second-order valence-corrected chi connectivity index (χ2v) is 7.68. The molecule has 2 aliphatic rings. The lowest BCUT2D eigenvalue weighted by Gasteiger charge is -2.24. The number of ether oxygens (including phenoxy) is 1. The van der Waals surface area contributed by atoms with Gasteiger partial charge in [-0.05, 0) is 45.4 Å². The van der Waals surface area contributed by atoms with E-state index in [0.29, 0.717) is 24.3 Å². The Hall–Kier alpha value is -1.63.